The molecule has 0 spiro atoms. The molecule has 0 bridgehead atoms. The van der Waals surface area contributed by atoms with Crippen molar-refractivity contribution in [1.29, 1.82) is 0 Å². The highest BCUT2D eigenvalue weighted by Gasteiger charge is 2.22. The van der Waals surface area contributed by atoms with Crippen molar-refractivity contribution in [3.63, 3.8) is 0 Å². The summed E-state index contributed by atoms with van der Waals surface area (Å²) < 4.78 is 5.29. The standard InChI is InChI=1S/C14H18N2O2S2/c1-18-11-8-9(13(15)19)5-6-10(11)16-14(17)12-4-2-3-7-20-12/h5-6,8,12H,2-4,7H2,1H3,(H2,15,19)(H,16,17). The number of nitrogens with two attached hydrogens (primary N) is 1. The van der Waals surface area contributed by atoms with Gasteiger partial charge >= 0.3 is 0 Å². The van der Waals surface area contributed by atoms with Crippen LogP contribution in [-0.2, 0) is 4.79 Å². The summed E-state index contributed by atoms with van der Waals surface area (Å²) in [5.74, 6) is 1.66. The fourth-order valence-electron chi connectivity index (χ4n) is 2.11. The van der Waals surface area contributed by atoms with E-state index in [-0.39, 0.29) is 11.2 Å². The molecule has 0 saturated carbocycles. The van der Waals surface area contributed by atoms with Crippen molar-refractivity contribution < 1.29 is 9.53 Å². The van der Waals surface area contributed by atoms with Crippen molar-refractivity contribution in [2.45, 2.75) is 24.5 Å². The quantitative estimate of drug-likeness (QED) is 0.837. The molecule has 0 radical (unpaired) electrons. The molecule has 0 aromatic heterocycles. The van der Waals surface area contributed by atoms with E-state index in [0.29, 0.717) is 16.4 Å². The van der Waals surface area contributed by atoms with Crippen LogP contribution in [0.15, 0.2) is 18.2 Å². The summed E-state index contributed by atoms with van der Waals surface area (Å²) in [7, 11) is 1.56. The molecular formula is C14H18N2O2S2. The number of thiocarbonyl (C=S) groups is 1. The molecule has 1 heterocycles. The number of amides is 1. The summed E-state index contributed by atoms with van der Waals surface area (Å²) in [6, 6.07) is 5.30. The van der Waals surface area contributed by atoms with E-state index >= 15 is 0 Å². The highest BCUT2D eigenvalue weighted by atomic mass is 32.2. The predicted molar refractivity (Wildman–Crippen MR) is 87.6 cm³/mol. The second kappa shape index (κ2) is 6.95. The number of thioether (sulfide) groups is 1. The van der Waals surface area contributed by atoms with Crippen molar-refractivity contribution in [1.82, 2.24) is 0 Å². The lowest BCUT2D eigenvalue weighted by atomic mass is 10.1. The zero-order valence-corrected chi connectivity index (χ0v) is 13.0. The lowest BCUT2D eigenvalue weighted by Crippen LogP contribution is -2.27. The van der Waals surface area contributed by atoms with E-state index in [4.69, 9.17) is 22.7 Å². The zero-order chi connectivity index (χ0) is 14.5. The molecule has 2 rings (SSSR count). The van der Waals surface area contributed by atoms with Crippen LogP contribution in [0.3, 0.4) is 0 Å². The lowest BCUT2D eigenvalue weighted by Gasteiger charge is -2.21. The number of hydrogen-bond acceptors (Lipinski definition) is 4. The van der Waals surface area contributed by atoms with Gasteiger partial charge in [0, 0.05) is 5.56 Å². The first kappa shape index (κ1) is 15.1. The molecule has 1 aliphatic heterocycles. The molecule has 3 N–H and O–H groups in total. The smallest absolute Gasteiger partial charge is 0.237 e. The Morgan fingerprint density at radius 3 is 2.90 bits per heavy atom. The molecule has 1 atom stereocenters. The Morgan fingerprint density at radius 2 is 2.30 bits per heavy atom. The molecule has 1 aromatic carbocycles. The molecule has 4 nitrogen and oxygen atoms in total. The molecule has 20 heavy (non-hydrogen) atoms. The van der Waals surface area contributed by atoms with E-state index in [1.54, 1.807) is 37.1 Å². The molecule has 1 aromatic rings. The molecule has 108 valence electrons. The van der Waals surface area contributed by atoms with Gasteiger partial charge in [0.15, 0.2) is 0 Å². The van der Waals surface area contributed by atoms with Gasteiger partial charge in [-0.1, -0.05) is 18.6 Å². The van der Waals surface area contributed by atoms with Gasteiger partial charge in [-0.15, -0.1) is 11.8 Å². The third-order valence-corrected chi connectivity index (χ3v) is 4.83. The van der Waals surface area contributed by atoms with Crippen LogP contribution in [0, 0.1) is 0 Å². The number of ether oxygens (including phenoxy) is 1. The molecule has 1 saturated heterocycles. The van der Waals surface area contributed by atoms with Gasteiger partial charge in [-0.2, -0.15) is 0 Å². The molecule has 1 unspecified atom stereocenters. The van der Waals surface area contributed by atoms with Crippen LogP contribution in [-0.4, -0.2) is 29.0 Å². The summed E-state index contributed by atoms with van der Waals surface area (Å²) in [6.45, 7) is 0. The van der Waals surface area contributed by atoms with Gasteiger partial charge in [-0.05, 0) is 36.8 Å². The normalized spacial score (nSPS) is 18.4. The fourth-order valence-corrected chi connectivity index (χ4v) is 3.43. The van der Waals surface area contributed by atoms with Gasteiger partial charge < -0.3 is 15.8 Å². The maximum Gasteiger partial charge on any atom is 0.237 e. The predicted octanol–water partition coefficient (Wildman–Crippen LogP) is 2.55. The third-order valence-electron chi connectivity index (χ3n) is 3.22. The summed E-state index contributed by atoms with van der Waals surface area (Å²) in [5.41, 5.74) is 6.97. The highest BCUT2D eigenvalue weighted by Crippen LogP contribution is 2.29. The van der Waals surface area contributed by atoms with Crippen molar-refractivity contribution in [3.8, 4) is 5.75 Å². The van der Waals surface area contributed by atoms with Crippen LogP contribution in [0.2, 0.25) is 0 Å². The first-order valence-electron chi connectivity index (χ1n) is 6.52. The van der Waals surface area contributed by atoms with Crippen molar-refractivity contribution in [2.24, 2.45) is 5.73 Å². The van der Waals surface area contributed by atoms with Gasteiger partial charge in [-0.25, -0.2) is 0 Å². The minimum Gasteiger partial charge on any atom is -0.495 e. The van der Waals surface area contributed by atoms with Crippen LogP contribution >= 0.6 is 24.0 Å². The van der Waals surface area contributed by atoms with E-state index < -0.39 is 0 Å². The van der Waals surface area contributed by atoms with Crippen LogP contribution < -0.4 is 15.8 Å². The summed E-state index contributed by atoms with van der Waals surface area (Å²) in [4.78, 5) is 12.5. The number of benzene rings is 1. The fraction of sp³-hybridized carbons (Fsp3) is 0.429. The number of hydrogen-bond donors (Lipinski definition) is 2. The lowest BCUT2D eigenvalue weighted by molar-refractivity contribution is -0.115. The number of carbonyl (C=O) groups excluding carboxylic acids is 1. The van der Waals surface area contributed by atoms with Crippen LogP contribution in [0.5, 0.6) is 5.75 Å². The molecule has 1 fully saturated rings. The minimum absolute atomic E-state index is 0.0312. The van der Waals surface area contributed by atoms with E-state index in [0.717, 1.165) is 24.2 Å². The van der Waals surface area contributed by atoms with E-state index in [1.807, 2.05) is 0 Å². The van der Waals surface area contributed by atoms with Gasteiger partial charge in [0.1, 0.15) is 10.7 Å². The van der Waals surface area contributed by atoms with Crippen LogP contribution in [0.1, 0.15) is 24.8 Å². The molecule has 0 aliphatic carbocycles. The number of carbonyl (C=O) groups is 1. The Labute approximate surface area is 128 Å². The monoisotopic (exact) mass is 310 g/mol. The topological polar surface area (TPSA) is 64.3 Å². The Hall–Kier alpha value is -1.27. The summed E-state index contributed by atoms with van der Waals surface area (Å²) in [5, 5.41) is 2.96. The highest BCUT2D eigenvalue weighted by molar-refractivity contribution is 8.00. The first-order chi connectivity index (χ1) is 9.61. The molecule has 6 heteroatoms. The number of anilines is 1. The number of methoxy groups -OCH3 is 1. The first-order valence-corrected chi connectivity index (χ1v) is 7.98. The second-order valence-electron chi connectivity index (χ2n) is 4.62. The number of rotatable bonds is 4. The number of nitrogens with one attached hydrogen (secondary N) is 1. The largest absolute Gasteiger partial charge is 0.495 e. The summed E-state index contributed by atoms with van der Waals surface area (Å²) >= 11 is 6.65. The Balaban J connectivity index is 2.11. The Bertz CT molecular complexity index is 514. The van der Waals surface area contributed by atoms with E-state index in [9.17, 15) is 4.79 Å². The average Bonchev–Trinajstić information content (AvgIpc) is 2.48. The Morgan fingerprint density at radius 1 is 1.50 bits per heavy atom. The average molecular weight is 310 g/mol. The maximum atomic E-state index is 12.2. The van der Waals surface area contributed by atoms with Crippen molar-refractivity contribution >= 4 is 40.6 Å². The van der Waals surface area contributed by atoms with E-state index in [2.05, 4.69) is 5.32 Å². The van der Waals surface area contributed by atoms with Gasteiger partial charge in [0.25, 0.3) is 0 Å². The SMILES string of the molecule is COc1cc(C(N)=S)ccc1NC(=O)C1CCCCS1. The van der Waals surface area contributed by atoms with E-state index in [1.165, 1.54) is 6.42 Å². The Kier molecular flexibility index (Phi) is 5.25. The summed E-state index contributed by atoms with van der Waals surface area (Å²) in [6.07, 6.45) is 3.24. The molecule has 1 aliphatic rings. The van der Waals surface area contributed by atoms with Crippen LogP contribution in [0.4, 0.5) is 5.69 Å². The van der Waals surface area contributed by atoms with Gasteiger partial charge in [-0.3, -0.25) is 4.79 Å². The van der Waals surface area contributed by atoms with Crippen molar-refractivity contribution in [2.75, 3.05) is 18.2 Å². The van der Waals surface area contributed by atoms with Crippen molar-refractivity contribution in [3.05, 3.63) is 23.8 Å². The maximum absolute atomic E-state index is 12.2. The van der Waals surface area contributed by atoms with Gasteiger partial charge in [0.05, 0.1) is 18.0 Å². The van der Waals surface area contributed by atoms with Crippen LogP contribution in [0.25, 0.3) is 0 Å². The third kappa shape index (κ3) is 3.64. The second-order valence-corrected chi connectivity index (χ2v) is 6.37. The minimum atomic E-state index is 0.0312. The molecule has 1 amide bonds. The molecular weight excluding hydrogens is 292 g/mol. The zero-order valence-electron chi connectivity index (χ0n) is 11.3. The van der Waals surface area contributed by atoms with Gasteiger partial charge in [0.2, 0.25) is 5.91 Å².